The molecule has 1 fully saturated rings. The number of halogens is 1. The number of fused-ring (bicyclic) bond motifs is 3. The first-order valence-electron chi connectivity index (χ1n) is 6.32. The summed E-state index contributed by atoms with van der Waals surface area (Å²) >= 11 is 0. The molecule has 3 atom stereocenters. The Morgan fingerprint density at radius 3 is 2.67 bits per heavy atom. The van der Waals surface area contributed by atoms with Crippen LogP contribution in [-0.2, 0) is 0 Å². The van der Waals surface area contributed by atoms with E-state index in [0.717, 1.165) is 11.8 Å². The van der Waals surface area contributed by atoms with E-state index in [9.17, 15) is 0 Å². The zero-order chi connectivity index (χ0) is 9.54. The van der Waals surface area contributed by atoms with Crippen LogP contribution in [0.2, 0.25) is 0 Å². The van der Waals surface area contributed by atoms with Crippen LogP contribution in [-0.4, -0.2) is 6.04 Å². The van der Waals surface area contributed by atoms with Gasteiger partial charge in [-0.05, 0) is 56.8 Å². The molecule has 3 rings (SSSR count). The van der Waals surface area contributed by atoms with Crippen LogP contribution in [0.25, 0.3) is 0 Å². The van der Waals surface area contributed by atoms with Gasteiger partial charge < -0.3 is 5.73 Å². The van der Waals surface area contributed by atoms with E-state index in [1.807, 2.05) is 5.57 Å². The first kappa shape index (κ1) is 11.5. The Bertz CT molecular complexity index is 272. The van der Waals surface area contributed by atoms with E-state index in [2.05, 4.69) is 0 Å². The SMILES string of the molecule is Cl.NC1C2CCCC1C1=C(CCCC1)C2. The summed E-state index contributed by atoms with van der Waals surface area (Å²) in [4.78, 5) is 0. The van der Waals surface area contributed by atoms with Gasteiger partial charge in [0.05, 0.1) is 0 Å². The minimum absolute atomic E-state index is 0. The lowest BCUT2D eigenvalue weighted by Gasteiger charge is -2.44. The van der Waals surface area contributed by atoms with Crippen molar-refractivity contribution in [1.82, 2.24) is 0 Å². The van der Waals surface area contributed by atoms with Gasteiger partial charge in [0.25, 0.3) is 0 Å². The number of rotatable bonds is 0. The molecule has 2 bridgehead atoms. The molecule has 0 radical (unpaired) electrons. The molecule has 3 aliphatic carbocycles. The third-order valence-electron chi connectivity index (χ3n) is 4.68. The van der Waals surface area contributed by atoms with Gasteiger partial charge in [-0.3, -0.25) is 0 Å². The molecule has 0 amide bonds. The van der Waals surface area contributed by atoms with E-state index in [1.165, 1.54) is 51.4 Å². The predicted octanol–water partition coefficient (Wildman–Crippen LogP) is 3.43. The molecule has 0 aromatic heterocycles. The molecule has 0 spiro atoms. The van der Waals surface area contributed by atoms with E-state index < -0.39 is 0 Å². The van der Waals surface area contributed by atoms with Crippen LogP contribution in [0, 0.1) is 11.8 Å². The molecular weight excluding hydrogens is 206 g/mol. The Morgan fingerprint density at radius 2 is 1.80 bits per heavy atom. The van der Waals surface area contributed by atoms with Gasteiger partial charge in [-0.1, -0.05) is 17.6 Å². The molecule has 86 valence electrons. The van der Waals surface area contributed by atoms with E-state index in [0.29, 0.717) is 6.04 Å². The average molecular weight is 228 g/mol. The zero-order valence-electron chi connectivity index (χ0n) is 9.37. The minimum atomic E-state index is 0. The quantitative estimate of drug-likeness (QED) is 0.631. The van der Waals surface area contributed by atoms with Crippen molar-refractivity contribution in [1.29, 1.82) is 0 Å². The molecule has 0 aromatic carbocycles. The topological polar surface area (TPSA) is 26.0 Å². The normalized spacial score (nSPS) is 39.4. The second kappa shape index (κ2) is 4.47. The van der Waals surface area contributed by atoms with Crippen molar-refractivity contribution >= 4 is 12.4 Å². The van der Waals surface area contributed by atoms with Crippen LogP contribution in [0.15, 0.2) is 11.1 Å². The van der Waals surface area contributed by atoms with E-state index in [-0.39, 0.29) is 12.4 Å². The monoisotopic (exact) mass is 227 g/mol. The van der Waals surface area contributed by atoms with Crippen LogP contribution in [0.5, 0.6) is 0 Å². The smallest absolute Gasteiger partial charge is 0.0136 e. The van der Waals surface area contributed by atoms with Crippen molar-refractivity contribution in [3.8, 4) is 0 Å². The highest BCUT2D eigenvalue weighted by molar-refractivity contribution is 5.85. The molecule has 3 unspecified atom stereocenters. The molecule has 0 aliphatic heterocycles. The van der Waals surface area contributed by atoms with Gasteiger partial charge in [-0.25, -0.2) is 0 Å². The summed E-state index contributed by atoms with van der Waals surface area (Å²) < 4.78 is 0. The molecule has 0 saturated heterocycles. The Kier molecular flexibility index (Phi) is 3.42. The van der Waals surface area contributed by atoms with Crippen molar-refractivity contribution < 1.29 is 0 Å². The van der Waals surface area contributed by atoms with Crippen molar-refractivity contribution in [3.63, 3.8) is 0 Å². The summed E-state index contributed by atoms with van der Waals surface area (Å²) in [5.74, 6) is 1.63. The van der Waals surface area contributed by atoms with Gasteiger partial charge in [0, 0.05) is 6.04 Å². The van der Waals surface area contributed by atoms with Crippen LogP contribution < -0.4 is 5.73 Å². The second-order valence-electron chi connectivity index (χ2n) is 5.41. The summed E-state index contributed by atoms with van der Waals surface area (Å²) in [5.41, 5.74) is 9.99. The van der Waals surface area contributed by atoms with Gasteiger partial charge in [-0.15, -0.1) is 12.4 Å². The van der Waals surface area contributed by atoms with Crippen LogP contribution in [0.3, 0.4) is 0 Å². The highest BCUT2D eigenvalue weighted by Crippen LogP contribution is 2.47. The molecule has 2 N–H and O–H groups in total. The first-order valence-corrected chi connectivity index (χ1v) is 6.32. The number of nitrogens with two attached hydrogens (primary N) is 1. The highest BCUT2D eigenvalue weighted by atomic mass is 35.5. The maximum Gasteiger partial charge on any atom is 0.0136 e. The summed E-state index contributed by atoms with van der Waals surface area (Å²) in [6.45, 7) is 0. The third kappa shape index (κ3) is 1.85. The third-order valence-corrected chi connectivity index (χ3v) is 4.68. The molecular formula is C13H22ClN. The summed E-state index contributed by atoms with van der Waals surface area (Å²) in [6, 6.07) is 0.514. The number of allylic oxidation sites excluding steroid dienone is 1. The van der Waals surface area contributed by atoms with Crippen molar-refractivity contribution in [2.24, 2.45) is 17.6 Å². The second-order valence-corrected chi connectivity index (χ2v) is 5.41. The van der Waals surface area contributed by atoms with Crippen LogP contribution in [0.1, 0.15) is 51.4 Å². The molecule has 1 nitrogen and oxygen atoms in total. The van der Waals surface area contributed by atoms with E-state index in [1.54, 1.807) is 5.57 Å². The molecule has 2 heteroatoms. The molecule has 0 aromatic rings. The maximum atomic E-state index is 6.36. The lowest BCUT2D eigenvalue weighted by Crippen LogP contribution is -2.45. The Labute approximate surface area is 98.9 Å². The molecule has 15 heavy (non-hydrogen) atoms. The lowest BCUT2D eigenvalue weighted by molar-refractivity contribution is 0.213. The fourth-order valence-corrected chi connectivity index (χ4v) is 3.95. The van der Waals surface area contributed by atoms with Gasteiger partial charge in [0.1, 0.15) is 0 Å². The van der Waals surface area contributed by atoms with Gasteiger partial charge in [-0.2, -0.15) is 0 Å². The Morgan fingerprint density at radius 1 is 1.00 bits per heavy atom. The summed E-state index contributed by atoms with van der Waals surface area (Å²) in [7, 11) is 0. The largest absolute Gasteiger partial charge is 0.327 e. The fraction of sp³-hybridized carbons (Fsp3) is 0.846. The Balaban J connectivity index is 0.000000853. The summed E-state index contributed by atoms with van der Waals surface area (Å²) in [5, 5.41) is 0. The average Bonchev–Trinajstić information content (AvgIpc) is 2.18. The van der Waals surface area contributed by atoms with Gasteiger partial charge in [0.2, 0.25) is 0 Å². The van der Waals surface area contributed by atoms with Crippen molar-refractivity contribution in [2.75, 3.05) is 0 Å². The minimum Gasteiger partial charge on any atom is -0.327 e. The number of hydrogen-bond acceptors (Lipinski definition) is 1. The first-order chi connectivity index (χ1) is 6.86. The molecule has 1 saturated carbocycles. The zero-order valence-corrected chi connectivity index (χ0v) is 10.2. The van der Waals surface area contributed by atoms with Crippen molar-refractivity contribution in [3.05, 3.63) is 11.1 Å². The van der Waals surface area contributed by atoms with Gasteiger partial charge >= 0.3 is 0 Å². The molecule has 0 heterocycles. The summed E-state index contributed by atoms with van der Waals surface area (Å²) in [6.07, 6.45) is 11.2. The number of hydrogen-bond donors (Lipinski definition) is 1. The predicted molar refractivity (Wildman–Crippen MR) is 66.2 cm³/mol. The fourth-order valence-electron chi connectivity index (χ4n) is 3.95. The van der Waals surface area contributed by atoms with E-state index >= 15 is 0 Å². The lowest BCUT2D eigenvalue weighted by atomic mass is 9.63. The maximum absolute atomic E-state index is 6.36. The van der Waals surface area contributed by atoms with Gasteiger partial charge in [0.15, 0.2) is 0 Å². The van der Waals surface area contributed by atoms with E-state index in [4.69, 9.17) is 5.73 Å². The molecule has 3 aliphatic rings. The highest BCUT2D eigenvalue weighted by Gasteiger charge is 2.38. The Hall–Kier alpha value is -0.0100. The van der Waals surface area contributed by atoms with Crippen molar-refractivity contribution in [2.45, 2.75) is 57.4 Å². The standard InChI is InChI=1S/C13H21N.ClH/c14-13-10-5-3-7-12(13)11-6-2-1-4-9(11)8-10;/h10,12-13H,1-8,14H2;1H. The van der Waals surface area contributed by atoms with Crippen LogP contribution >= 0.6 is 12.4 Å². The van der Waals surface area contributed by atoms with Crippen LogP contribution in [0.4, 0.5) is 0 Å².